The van der Waals surface area contributed by atoms with E-state index < -0.39 is 0 Å². The highest BCUT2D eigenvalue weighted by Gasteiger charge is 2.26. The van der Waals surface area contributed by atoms with Gasteiger partial charge in [0.2, 0.25) is 0 Å². The number of hydrogen-bond acceptors (Lipinski definition) is 7. The Morgan fingerprint density at radius 1 is 1.14 bits per heavy atom. The highest BCUT2D eigenvalue weighted by molar-refractivity contribution is 8.00. The summed E-state index contributed by atoms with van der Waals surface area (Å²) in [5.41, 5.74) is 3.18. The maximum absolute atomic E-state index is 4.86. The van der Waals surface area contributed by atoms with E-state index in [-0.39, 0.29) is 0 Å². The molecule has 28 heavy (non-hydrogen) atoms. The molecule has 8 heteroatoms. The maximum atomic E-state index is 4.86. The summed E-state index contributed by atoms with van der Waals surface area (Å²) < 4.78 is 4.62. The summed E-state index contributed by atoms with van der Waals surface area (Å²) in [7, 11) is 0. The lowest BCUT2D eigenvalue weighted by molar-refractivity contribution is 0.394. The summed E-state index contributed by atoms with van der Waals surface area (Å²) in [4.78, 5) is 20.8. The zero-order chi connectivity index (χ0) is 19.1. The van der Waals surface area contributed by atoms with E-state index in [2.05, 4.69) is 61.9 Å². The predicted molar refractivity (Wildman–Crippen MR) is 117 cm³/mol. The molecule has 0 spiro atoms. The van der Waals surface area contributed by atoms with Gasteiger partial charge in [0.05, 0.1) is 11.0 Å². The first-order chi connectivity index (χ1) is 13.8. The number of para-hydroxylation sites is 2. The fourth-order valence-electron chi connectivity index (χ4n) is 4.12. The summed E-state index contributed by atoms with van der Waals surface area (Å²) in [5, 5.41) is 0. The molecule has 5 rings (SSSR count). The van der Waals surface area contributed by atoms with Gasteiger partial charge in [-0.1, -0.05) is 30.8 Å². The molecule has 1 saturated heterocycles. The van der Waals surface area contributed by atoms with Gasteiger partial charge in [-0.05, 0) is 31.2 Å². The number of thioether (sulfide) groups is 1. The van der Waals surface area contributed by atoms with Gasteiger partial charge in [-0.15, -0.1) is 11.3 Å². The first-order valence-corrected chi connectivity index (χ1v) is 11.7. The number of anilines is 1. The van der Waals surface area contributed by atoms with Crippen LogP contribution in [0.3, 0.4) is 0 Å². The maximum Gasteiger partial charge on any atom is 0.176 e. The predicted octanol–water partition coefficient (Wildman–Crippen LogP) is 4.56. The topological polar surface area (TPSA) is 59.7 Å². The average Bonchev–Trinajstić information content (AvgIpc) is 3.34. The number of piperidine rings is 1. The zero-order valence-electron chi connectivity index (χ0n) is 16.0. The molecule has 0 amide bonds. The van der Waals surface area contributed by atoms with Crippen LogP contribution < -0.4 is 4.90 Å². The van der Waals surface area contributed by atoms with Crippen molar-refractivity contribution in [2.75, 3.05) is 24.2 Å². The van der Waals surface area contributed by atoms with Gasteiger partial charge in [-0.2, -0.15) is 0 Å². The number of thiazole rings is 1. The van der Waals surface area contributed by atoms with Crippen LogP contribution in [0.5, 0.6) is 0 Å². The van der Waals surface area contributed by atoms with Crippen LogP contribution in [0.1, 0.15) is 31.6 Å². The van der Waals surface area contributed by atoms with E-state index in [4.69, 9.17) is 4.98 Å². The summed E-state index contributed by atoms with van der Waals surface area (Å²) in [5.74, 6) is 2.23. The summed E-state index contributed by atoms with van der Waals surface area (Å²) >= 11 is 3.36. The molecule has 0 aliphatic carbocycles. The van der Waals surface area contributed by atoms with Crippen molar-refractivity contribution in [2.24, 2.45) is 0 Å². The van der Waals surface area contributed by atoms with Crippen LogP contribution in [0.4, 0.5) is 5.82 Å². The molecular weight excluding hydrogens is 388 g/mol. The number of nitrogens with zero attached hydrogens (tertiary/aromatic N) is 6. The molecule has 144 valence electrons. The van der Waals surface area contributed by atoms with Crippen molar-refractivity contribution >= 4 is 50.3 Å². The number of fused-ring (bicyclic) bond motifs is 2. The Hall–Kier alpha value is -2.19. The zero-order valence-corrected chi connectivity index (χ0v) is 17.6. The van der Waals surface area contributed by atoms with Crippen molar-refractivity contribution in [3.8, 4) is 0 Å². The van der Waals surface area contributed by atoms with Crippen LogP contribution in [-0.4, -0.2) is 43.8 Å². The van der Waals surface area contributed by atoms with Crippen molar-refractivity contribution in [1.29, 1.82) is 0 Å². The minimum atomic E-state index is 0.485. The van der Waals surface area contributed by atoms with Crippen LogP contribution in [-0.2, 0) is 6.42 Å². The van der Waals surface area contributed by atoms with Gasteiger partial charge in [0.1, 0.15) is 16.9 Å². The highest BCUT2D eigenvalue weighted by atomic mass is 32.2. The second-order valence-corrected chi connectivity index (χ2v) is 9.04. The van der Waals surface area contributed by atoms with Crippen molar-refractivity contribution in [2.45, 2.75) is 36.6 Å². The fourth-order valence-corrected chi connectivity index (χ4v) is 5.65. The van der Waals surface area contributed by atoms with Gasteiger partial charge in [-0.25, -0.2) is 19.9 Å². The fraction of sp³-hybridized carbons (Fsp3) is 0.400. The van der Waals surface area contributed by atoms with E-state index >= 15 is 0 Å². The largest absolute Gasteiger partial charge is 0.355 e. The highest BCUT2D eigenvalue weighted by Crippen LogP contribution is 2.36. The molecule has 1 aromatic carbocycles. The van der Waals surface area contributed by atoms with Crippen LogP contribution in [0.15, 0.2) is 34.9 Å². The molecular formula is C20H22N6S2. The molecule has 0 unspecified atom stereocenters. The molecule has 1 fully saturated rings. The standard InChI is InChI=1S/C20H22N6S2/c1-3-16-23-14-6-4-5-7-15(14)26(16)13-8-10-25(11-9-13)19-17-18(21-12-22-19)24-20(27-2)28-17/h4-7,12-13H,3,8-11H2,1-2H3. The molecule has 0 saturated carbocycles. The molecule has 6 nitrogen and oxygen atoms in total. The number of imidazole rings is 1. The molecule has 0 bridgehead atoms. The lowest BCUT2D eigenvalue weighted by Crippen LogP contribution is -2.35. The summed E-state index contributed by atoms with van der Waals surface area (Å²) in [6.07, 6.45) is 6.84. The number of aromatic nitrogens is 5. The minimum Gasteiger partial charge on any atom is -0.355 e. The molecule has 0 N–H and O–H groups in total. The van der Waals surface area contributed by atoms with Gasteiger partial charge in [-0.3, -0.25) is 0 Å². The van der Waals surface area contributed by atoms with E-state index in [9.17, 15) is 0 Å². The lowest BCUT2D eigenvalue weighted by atomic mass is 10.0. The number of hydrogen-bond donors (Lipinski definition) is 0. The van der Waals surface area contributed by atoms with Crippen LogP contribution in [0.2, 0.25) is 0 Å². The summed E-state index contributed by atoms with van der Waals surface area (Å²) in [6, 6.07) is 8.98. The van der Waals surface area contributed by atoms with Crippen LogP contribution in [0.25, 0.3) is 21.4 Å². The van der Waals surface area contributed by atoms with E-state index in [0.29, 0.717) is 6.04 Å². The van der Waals surface area contributed by atoms with Crippen LogP contribution >= 0.6 is 23.1 Å². The van der Waals surface area contributed by atoms with Crippen LogP contribution in [0, 0.1) is 0 Å². The number of rotatable bonds is 4. The van der Waals surface area contributed by atoms with Gasteiger partial charge >= 0.3 is 0 Å². The smallest absolute Gasteiger partial charge is 0.176 e. The Morgan fingerprint density at radius 3 is 2.75 bits per heavy atom. The SMILES string of the molecule is CCc1nc2ccccc2n1C1CCN(c2ncnc3nc(SC)sc23)CC1. The van der Waals surface area contributed by atoms with Crippen molar-refractivity contribution in [3.63, 3.8) is 0 Å². The summed E-state index contributed by atoms with van der Waals surface area (Å²) in [6.45, 7) is 4.16. The lowest BCUT2D eigenvalue weighted by Gasteiger charge is -2.34. The average molecular weight is 411 g/mol. The Morgan fingerprint density at radius 2 is 1.96 bits per heavy atom. The third-order valence-corrected chi connectivity index (χ3v) is 7.47. The number of aryl methyl sites for hydroxylation is 1. The Labute approximate surface area is 172 Å². The quantitative estimate of drug-likeness (QED) is 0.460. The van der Waals surface area contributed by atoms with Gasteiger partial charge in [0, 0.05) is 25.6 Å². The minimum absolute atomic E-state index is 0.485. The monoisotopic (exact) mass is 410 g/mol. The normalized spacial score (nSPS) is 15.7. The van der Waals surface area contributed by atoms with Gasteiger partial charge in [0.25, 0.3) is 0 Å². The molecule has 1 aliphatic rings. The van der Waals surface area contributed by atoms with E-state index in [1.165, 1.54) is 11.3 Å². The molecule has 1 aliphatic heterocycles. The molecule has 4 heterocycles. The Kier molecular flexibility index (Phi) is 4.68. The van der Waals surface area contributed by atoms with Gasteiger partial charge < -0.3 is 9.47 Å². The second kappa shape index (κ2) is 7.33. The number of benzene rings is 1. The van der Waals surface area contributed by atoms with Crippen molar-refractivity contribution < 1.29 is 0 Å². The Balaban J connectivity index is 1.43. The van der Waals surface area contributed by atoms with E-state index in [1.54, 1.807) is 29.4 Å². The van der Waals surface area contributed by atoms with Crippen molar-refractivity contribution in [3.05, 3.63) is 36.4 Å². The van der Waals surface area contributed by atoms with E-state index in [0.717, 1.165) is 58.4 Å². The molecule has 0 radical (unpaired) electrons. The third kappa shape index (κ3) is 2.95. The first kappa shape index (κ1) is 17.9. The third-order valence-electron chi connectivity index (χ3n) is 5.44. The Bertz CT molecular complexity index is 1130. The molecule has 3 aromatic heterocycles. The first-order valence-electron chi connectivity index (χ1n) is 9.64. The van der Waals surface area contributed by atoms with Gasteiger partial charge in [0.15, 0.2) is 15.8 Å². The molecule has 0 atom stereocenters. The van der Waals surface area contributed by atoms with Crippen molar-refractivity contribution in [1.82, 2.24) is 24.5 Å². The van der Waals surface area contributed by atoms with E-state index in [1.807, 2.05) is 0 Å². The molecule has 4 aromatic rings. The second-order valence-electron chi connectivity index (χ2n) is 6.99.